The Balaban J connectivity index is 1.77. The average Bonchev–Trinajstić information content (AvgIpc) is 2.59. The van der Waals surface area contributed by atoms with Crippen LogP contribution in [0.2, 0.25) is 0 Å². The fourth-order valence-corrected chi connectivity index (χ4v) is 1.91. The SMILES string of the molecule is Cc1ccccc1OCC#CCNC(=O)c1ccc([N+](=O)[O-])cc1. The first-order valence-corrected chi connectivity index (χ1v) is 7.25. The van der Waals surface area contributed by atoms with Gasteiger partial charge in [0.05, 0.1) is 11.5 Å². The lowest BCUT2D eigenvalue weighted by Crippen LogP contribution is -2.23. The van der Waals surface area contributed by atoms with Crippen molar-refractivity contribution in [2.45, 2.75) is 6.92 Å². The van der Waals surface area contributed by atoms with Crippen LogP contribution in [-0.4, -0.2) is 24.0 Å². The number of para-hydroxylation sites is 1. The Morgan fingerprint density at radius 2 is 1.88 bits per heavy atom. The number of nitro groups is 1. The van der Waals surface area contributed by atoms with Gasteiger partial charge >= 0.3 is 0 Å². The van der Waals surface area contributed by atoms with Crippen molar-refractivity contribution in [1.29, 1.82) is 0 Å². The number of hydrogen-bond donors (Lipinski definition) is 1. The van der Waals surface area contributed by atoms with Crippen LogP contribution in [0.25, 0.3) is 0 Å². The molecule has 6 heteroatoms. The average molecular weight is 324 g/mol. The van der Waals surface area contributed by atoms with Crippen molar-refractivity contribution in [3.63, 3.8) is 0 Å². The minimum absolute atomic E-state index is 0.0558. The molecule has 2 aromatic rings. The summed E-state index contributed by atoms with van der Waals surface area (Å²) in [4.78, 5) is 21.9. The van der Waals surface area contributed by atoms with Gasteiger partial charge in [-0.25, -0.2) is 0 Å². The number of hydrogen-bond acceptors (Lipinski definition) is 4. The fraction of sp³-hybridized carbons (Fsp3) is 0.167. The summed E-state index contributed by atoms with van der Waals surface area (Å²) in [6, 6.07) is 13.0. The molecule has 1 amide bonds. The van der Waals surface area contributed by atoms with E-state index < -0.39 is 4.92 Å². The number of benzene rings is 2. The maximum atomic E-state index is 11.8. The Morgan fingerprint density at radius 1 is 1.17 bits per heavy atom. The highest BCUT2D eigenvalue weighted by Crippen LogP contribution is 2.15. The Labute approximate surface area is 139 Å². The van der Waals surface area contributed by atoms with Crippen LogP contribution in [0.5, 0.6) is 5.75 Å². The Kier molecular flexibility index (Phi) is 5.92. The van der Waals surface area contributed by atoms with Gasteiger partial charge in [-0.2, -0.15) is 0 Å². The van der Waals surface area contributed by atoms with Gasteiger partial charge in [0.25, 0.3) is 11.6 Å². The topological polar surface area (TPSA) is 81.5 Å². The van der Waals surface area contributed by atoms with Gasteiger partial charge in [0, 0.05) is 17.7 Å². The molecule has 0 saturated carbocycles. The third kappa shape index (κ3) is 4.85. The maximum Gasteiger partial charge on any atom is 0.269 e. The van der Waals surface area contributed by atoms with Crippen LogP contribution < -0.4 is 10.1 Å². The Bertz CT molecular complexity index is 789. The number of amides is 1. The zero-order chi connectivity index (χ0) is 17.4. The quantitative estimate of drug-likeness (QED) is 0.521. The van der Waals surface area contributed by atoms with Gasteiger partial charge in [-0.15, -0.1) is 0 Å². The van der Waals surface area contributed by atoms with Crippen molar-refractivity contribution >= 4 is 11.6 Å². The Hall–Kier alpha value is -3.33. The highest BCUT2D eigenvalue weighted by Gasteiger charge is 2.08. The van der Waals surface area contributed by atoms with E-state index in [1.54, 1.807) is 0 Å². The van der Waals surface area contributed by atoms with Crippen LogP contribution in [0.1, 0.15) is 15.9 Å². The minimum atomic E-state index is -0.512. The van der Waals surface area contributed by atoms with Crippen molar-refractivity contribution in [3.05, 3.63) is 69.8 Å². The predicted octanol–water partition coefficient (Wildman–Crippen LogP) is 2.72. The number of ether oxygens (including phenoxy) is 1. The van der Waals surface area contributed by atoms with E-state index in [1.807, 2.05) is 31.2 Å². The van der Waals surface area contributed by atoms with Crippen molar-refractivity contribution in [3.8, 4) is 17.6 Å². The van der Waals surface area contributed by atoms with E-state index in [1.165, 1.54) is 24.3 Å². The first-order valence-electron chi connectivity index (χ1n) is 7.25. The molecule has 0 fully saturated rings. The summed E-state index contributed by atoms with van der Waals surface area (Å²) in [5.41, 5.74) is 1.32. The maximum absolute atomic E-state index is 11.8. The predicted molar refractivity (Wildman–Crippen MR) is 89.9 cm³/mol. The second-order valence-electron chi connectivity index (χ2n) is 4.89. The first-order chi connectivity index (χ1) is 11.6. The van der Waals surface area contributed by atoms with Crippen molar-refractivity contribution in [2.24, 2.45) is 0 Å². The largest absolute Gasteiger partial charge is 0.481 e. The molecule has 0 unspecified atom stereocenters. The van der Waals surface area contributed by atoms with E-state index in [9.17, 15) is 14.9 Å². The second kappa shape index (κ2) is 8.34. The van der Waals surface area contributed by atoms with Crippen LogP contribution in [-0.2, 0) is 0 Å². The van der Waals surface area contributed by atoms with E-state index in [2.05, 4.69) is 17.2 Å². The van der Waals surface area contributed by atoms with Crippen LogP contribution >= 0.6 is 0 Å². The molecule has 24 heavy (non-hydrogen) atoms. The van der Waals surface area contributed by atoms with Crippen LogP contribution in [0.3, 0.4) is 0 Å². The van der Waals surface area contributed by atoms with Gasteiger partial charge in [0.15, 0.2) is 0 Å². The normalized spacial score (nSPS) is 9.54. The third-order valence-electron chi connectivity index (χ3n) is 3.20. The monoisotopic (exact) mass is 324 g/mol. The van der Waals surface area contributed by atoms with Crippen LogP contribution in [0.4, 0.5) is 5.69 Å². The summed E-state index contributed by atoms with van der Waals surface area (Å²) in [5.74, 6) is 6.05. The number of aryl methyl sites for hydroxylation is 1. The zero-order valence-electron chi connectivity index (χ0n) is 13.1. The van der Waals surface area contributed by atoms with Gasteiger partial charge in [-0.3, -0.25) is 14.9 Å². The molecule has 2 rings (SSSR count). The van der Waals surface area contributed by atoms with Gasteiger partial charge < -0.3 is 10.1 Å². The molecule has 1 N–H and O–H groups in total. The molecular formula is C18H16N2O4. The summed E-state index contributed by atoms with van der Waals surface area (Å²) in [5, 5.41) is 13.2. The number of carbonyl (C=O) groups excluding carboxylic acids is 1. The lowest BCUT2D eigenvalue weighted by Gasteiger charge is -2.04. The Morgan fingerprint density at radius 3 is 2.54 bits per heavy atom. The third-order valence-corrected chi connectivity index (χ3v) is 3.20. The first kappa shape index (κ1) is 17.0. The zero-order valence-corrected chi connectivity index (χ0v) is 13.1. The lowest BCUT2D eigenvalue weighted by atomic mass is 10.2. The number of nitro benzene ring substituents is 1. The summed E-state index contributed by atoms with van der Waals surface area (Å²) >= 11 is 0. The van der Waals surface area contributed by atoms with Gasteiger partial charge in [0.1, 0.15) is 12.4 Å². The summed E-state index contributed by atoms with van der Waals surface area (Å²) in [6.45, 7) is 2.36. The van der Waals surface area contributed by atoms with E-state index in [0.717, 1.165) is 11.3 Å². The summed E-state index contributed by atoms with van der Waals surface area (Å²) in [6.07, 6.45) is 0. The number of nitrogens with one attached hydrogen (secondary N) is 1. The molecule has 0 saturated heterocycles. The van der Waals surface area contributed by atoms with Crippen LogP contribution in [0, 0.1) is 28.9 Å². The van der Waals surface area contributed by atoms with Crippen molar-refractivity contribution in [1.82, 2.24) is 5.32 Å². The molecule has 2 aromatic carbocycles. The van der Waals surface area contributed by atoms with E-state index in [4.69, 9.17) is 4.74 Å². The molecule has 0 aromatic heterocycles. The highest BCUT2D eigenvalue weighted by molar-refractivity contribution is 5.94. The molecule has 0 aliphatic rings. The van der Waals surface area contributed by atoms with Crippen LogP contribution in [0.15, 0.2) is 48.5 Å². The molecule has 122 valence electrons. The summed E-state index contributed by atoms with van der Waals surface area (Å²) < 4.78 is 5.51. The van der Waals surface area contributed by atoms with E-state index in [0.29, 0.717) is 5.56 Å². The van der Waals surface area contributed by atoms with Gasteiger partial charge in [-0.05, 0) is 30.7 Å². The van der Waals surface area contributed by atoms with E-state index >= 15 is 0 Å². The number of non-ortho nitro benzene ring substituents is 1. The number of nitrogens with zero attached hydrogens (tertiary/aromatic N) is 1. The second-order valence-corrected chi connectivity index (χ2v) is 4.89. The molecule has 0 atom stereocenters. The smallest absolute Gasteiger partial charge is 0.269 e. The molecule has 0 bridgehead atoms. The standard InChI is InChI=1S/C18H16N2O4/c1-14-6-2-3-7-17(14)24-13-5-4-12-19-18(21)15-8-10-16(11-9-15)20(22)23/h2-3,6-11H,12-13H2,1H3,(H,19,21). The molecule has 0 aliphatic heterocycles. The molecule has 0 spiro atoms. The van der Waals surface area contributed by atoms with Crippen molar-refractivity contribution < 1.29 is 14.5 Å². The van der Waals surface area contributed by atoms with E-state index in [-0.39, 0.29) is 24.7 Å². The number of rotatable bonds is 5. The van der Waals surface area contributed by atoms with Crippen molar-refractivity contribution in [2.75, 3.05) is 13.2 Å². The summed E-state index contributed by atoms with van der Waals surface area (Å²) in [7, 11) is 0. The minimum Gasteiger partial charge on any atom is -0.481 e. The molecule has 0 aliphatic carbocycles. The molecule has 0 radical (unpaired) electrons. The molecule has 0 heterocycles. The molecular weight excluding hydrogens is 308 g/mol. The molecule has 6 nitrogen and oxygen atoms in total. The van der Waals surface area contributed by atoms with Gasteiger partial charge in [0.2, 0.25) is 0 Å². The fourth-order valence-electron chi connectivity index (χ4n) is 1.91. The van der Waals surface area contributed by atoms with Gasteiger partial charge in [-0.1, -0.05) is 30.0 Å². The number of carbonyl (C=O) groups is 1. The highest BCUT2D eigenvalue weighted by atomic mass is 16.6. The lowest BCUT2D eigenvalue weighted by molar-refractivity contribution is -0.384.